The maximum Gasteiger partial charge on any atom is 0.240 e. The van der Waals surface area contributed by atoms with Gasteiger partial charge in [0.05, 0.1) is 11.6 Å². The first-order valence-corrected chi connectivity index (χ1v) is 5.97. The molecular weight excluding hydrogens is 240 g/mol. The van der Waals surface area contributed by atoms with Crippen LogP contribution in [-0.2, 0) is 4.79 Å². The van der Waals surface area contributed by atoms with E-state index in [1.54, 1.807) is 0 Å². The summed E-state index contributed by atoms with van der Waals surface area (Å²) in [6, 6.07) is 7.61. The van der Waals surface area contributed by atoms with Gasteiger partial charge in [-0.2, -0.15) is 5.10 Å². The van der Waals surface area contributed by atoms with E-state index < -0.39 is 0 Å². The number of amides is 1. The summed E-state index contributed by atoms with van der Waals surface area (Å²) in [6.45, 7) is 0.498. The van der Waals surface area contributed by atoms with Gasteiger partial charge in [0.2, 0.25) is 5.91 Å². The number of carbonyl (C=O) groups excluding carboxylic acids is 1. The van der Waals surface area contributed by atoms with Crippen LogP contribution in [0, 0.1) is 0 Å². The number of hydrogen-bond acceptors (Lipinski definition) is 3. The molecule has 1 amide bonds. The lowest BCUT2D eigenvalue weighted by molar-refractivity contribution is -0.121. The van der Waals surface area contributed by atoms with Crippen molar-refractivity contribution in [1.29, 1.82) is 0 Å². The number of ether oxygens (including phenoxy) is 1. The molecule has 1 N–H and O–H groups in total. The summed E-state index contributed by atoms with van der Waals surface area (Å²) in [5.74, 6) is 1.23. The highest BCUT2D eigenvalue weighted by molar-refractivity contribution is 6.18. The standard InChI is InChI=1S/C12H13ClN2O2/c13-7-8-17-10-3-1-9(2-4-10)11-5-6-12(16)15-14-11/h1-4H,5-8H2,(H,15,16). The molecule has 0 atom stereocenters. The van der Waals surface area contributed by atoms with Crippen LogP contribution in [0.5, 0.6) is 5.75 Å². The van der Waals surface area contributed by atoms with Crippen molar-refractivity contribution < 1.29 is 9.53 Å². The van der Waals surface area contributed by atoms with Crippen molar-refractivity contribution in [2.24, 2.45) is 5.10 Å². The molecule has 5 heteroatoms. The first kappa shape index (κ1) is 11.9. The Kier molecular flexibility index (Phi) is 3.98. The topological polar surface area (TPSA) is 50.7 Å². The van der Waals surface area contributed by atoms with Gasteiger partial charge in [-0.3, -0.25) is 4.79 Å². The molecular formula is C12H13ClN2O2. The highest BCUT2D eigenvalue weighted by Crippen LogP contribution is 2.15. The van der Waals surface area contributed by atoms with E-state index in [1.807, 2.05) is 24.3 Å². The average Bonchev–Trinajstić information content (AvgIpc) is 2.38. The van der Waals surface area contributed by atoms with Gasteiger partial charge in [-0.05, 0) is 29.8 Å². The zero-order valence-electron chi connectivity index (χ0n) is 9.28. The lowest BCUT2D eigenvalue weighted by Gasteiger charge is -2.12. The fourth-order valence-corrected chi connectivity index (χ4v) is 1.66. The van der Waals surface area contributed by atoms with E-state index in [-0.39, 0.29) is 5.91 Å². The summed E-state index contributed by atoms with van der Waals surface area (Å²) < 4.78 is 5.37. The monoisotopic (exact) mass is 252 g/mol. The second-order valence-electron chi connectivity index (χ2n) is 3.66. The number of rotatable bonds is 4. The summed E-state index contributed by atoms with van der Waals surface area (Å²) in [5.41, 5.74) is 4.38. The van der Waals surface area contributed by atoms with E-state index >= 15 is 0 Å². The second kappa shape index (κ2) is 5.68. The van der Waals surface area contributed by atoms with Gasteiger partial charge in [0.1, 0.15) is 12.4 Å². The van der Waals surface area contributed by atoms with Crippen molar-refractivity contribution >= 4 is 23.2 Å². The van der Waals surface area contributed by atoms with Gasteiger partial charge in [-0.1, -0.05) is 0 Å². The Morgan fingerprint density at radius 2 is 2.06 bits per heavy atom. The molecule has 4 nitrogen and oxygen atoms in total. The molecule has 1 aliphatic heterocycles. The van der Waals surface area contributed by atoms with E-state index in [0.717, 1.165) is 17.0 Å². The molecule has 0 aromatic heterocycles. The first-order chi connectivity index (χ1) is 8.29. The molecule has 1 aromatic carbocycles. The normalized spacial score (nSPS) is 15.1. The fraction of sp³-hybridized carbons (Fsp3) is 0.333. The minimum atomic E-state index is -0.0317. The average molecular weight is 253 g/mol. The number of hydrogen-bond donors (Lipinski definition) is 1. The van der Waals surface area contributed by atoms with Crippen LogP contribution in [-0.4, -0.2) is 24.1 Å². The quantitative estimate of drug-likeness (QED) is 0.833. The molecule has 2 rings (SSSR count). The van der Waals surface area contributed by atoms with Gasteiger partial charge in [0.25, 0.3) is 0 Å². The van der Waals surface area contributed by atoms with E-state index in [9.17, 15) is 4.79 Å². The fourth-order valence-electron chi connectivity index (χ4n) is 1.58. The lowest BCUT2D eigenvalue weighted by Crippen LogP contribution is -2.25. The third-order valence-electron chi connectivity index (χ3n) is 2.44. The number of halogens is 1. The summed E-state index contributed by atoms with van der Waals surface area (Å²) in [4.78, 5) is 11.0. The predicted octanol–water partition coefficient (Wildman–Crippen LogP) is 1.92. The van der Waals surface area contributed by atoms with Crippen LogP contribution in [0.4, 0.5) is 0 Å². The third-order valence-corrected chi connectivity index (χ3v) is 2.59. The SMILES string of the molecule is O=C1CCC(c2ccc(OCCCl)cc2)=NN1. The largest absolute Gasteiger partial charge is 0.492 e. The molecule has 1 aliphatic rings. The number of benzene rings is 1. The number of hydrazone groups is 1. The Morgan fingerprint density at radius 3 is 2.65 bits per heavy atom. The molecule has 17 heavy (non-hydrogen) atoms. The van der Waals surface area contributed by atoms with Gasteiger partial charge in [0.15, 0.2) is 0 Å². The number of nitrogens with one attached hydrogen (secondary N) is 1. The Bertz CT molecular complexity index is 429. The summed E-state index contributed by atoms with van der Waals surface area (Å²) in [5, 5.41) is 4.03. The molecule has 0 radical (unpaired) electrons. The van der Waals surface area contributed by atoms with Crippen LogP contribution in [0.3, 0.4) is 0 Å². The molecule has 0 bridgehead atoms. The van der Waals surface area contributed by atoms with Crippen molar-refractivity contribution in [2.45, 2.75) is 12.8 Å². The van der Waals surface area contributed by atoms with Crippen molar-refractivity contribution in [3.63, 3.8) is 0 Å². The van der Waals surface area contributed by atoms with Crippen LogP contribution >= 0.6 is 11.6 Å². The number of nitrogens with zero attached hydrogens (tertiary/aromatic N) is 1. The lowest BCUT2D eigenvalue weighted by atomic mass is 10.0. The summed E-state index contributed by atoms with van der Waals surface area (Å²) in [7, 11) is 0. The summed E-state index contributed by atoms with van der Waals surface area (Å²) >= 11 is 5.53. The van der Waals surface area contributed by atoms with Crippen molar-refractivity contribution in [1.82, 2.24) is 5.43 Å². The van der Waals surface area contributed by atoms with Crippen LogP contribution < -0.4 is 10.2 Å². The van der Waals surface area contributed by atoms with Crippen molar-refractivity contribution in [3.05, 3.63) is 29.8 Å². The Balaban J connectivity index is 2.05. The Morgan fingerprint density at radius 1 is 1.29 bits per heavy atom. The minimum absolute atomic E-state index is 0.0317. The Hall–Kier alpha value is -1.55. The maximum absolute atomic E-state index is 11.0. The predicted molar refractivity (Wildman–Crippen MR) is 66.6 cm³/mol. The highest BCUT2D eigenvalue weighted by Gasteiger charge is 2.12. The van der Waals surface area contributed by atoms with Gasteiger partial charge < -0.3 is 4.74 Å². The van der Waals surface area contributed by atoms with Gasteiger partial charge in [-0.15, -0.1) is 11.6 Å². The van der Waals surface area contributed by atoms with E-state index in [4.69, 9.17) is 16.3 Å². The zero-order chi connectivity index (χ0) is 12.1. The van der Waals surface area contributed by atoms with E-state index in [2.05, 4.69) is 10.5 Å². The number of carbonyl (C=O) groups is 1. The van der Waals surface area contributed by atoms with Gasteiger partial charge in [-0.25, -0.2) is 5.43 Å². The van der Waals surface area contributed by atoms with Crippen LogP contribution in [0.1, 0.15) is 18.4 Å². The molecule has 1 heterocycles. The first-order valence-electron chi connectivity index (χ1n) is 5.44. The van der Waals surface area contributed by atoms with Crippen LogP contribution in [0.2, 0.25) is 0 Å². The molecule has 1 aromatic rings. The maximum atomic E-state index is 11.0. The van der Waals surface area contributed by atoms with Crippen LogP contribution in [0.25, 0.3) is 0 Å². The molecule has 0 spiro atoms. The second-order valence-corrected chi connectivity index (χ2v) is 4.03. The van der Waals surface area contributed by atoms with Gasteiger partial charge >= 0.3 is 0 Å². The third kappa shape index (κ3) is 3.20. The van der Waals surface area contributed by atoms with E-state index in [1.165, 1.54) is 0 Å². The van der Waals surface area contributed by atoms with Gasteiger partial charge in [0, 0.05) is 12.8 Å². The van der Waals surface area contributed by atoms with Crippen LogP contribution in [0.15, 0.2) is 29.4 Å². The molecule has 0 saturated carbocycles. The minimum Gasteiger partial charge on any atom is -0.492 e. The van der Waals surface area contributed by atoms with Crippen molar-refractivity contribution in [2.75, 3.05) is 12.5 Å². The highest BCUT2D eigenvalue weighted by atomic mass is 35.5. The smallest absolute Gasteiger partial charge is 0.240 e. The molecule has 0 saturated heterocycles. The zero-order valence-corrected chi connectivity index (χ0v) is 10.0. The molecule has 0 fully saturated rings. The number of alkyl halides is 1. The molecule has 0 unspecified atom stereocenters. The molecule has 90 valence electrons. The van der Waals surface area contributed by atoms with Crippen molar-refractivity contribution in [3.8, 4) is 5.75 Å². The molecule has 0 aliphatic carbocycles. The summed E-state index contributed by atoms with van der Waals surface area (Å²) in [6.07, 6.45) is 1.16. The Labute approximate surface area is 105 Å². The van der Waals surface area contributed by atoms with E-state index in [0.29, 0.717) is 25.3 Å².